The zero-order chi connectivity index (χ0) is 34.8. The number of fused-ring (bicyclic) bond motifs is 2. The van der Waals surface area contributed by atoms with Gasteiger partial charge in [-0.05, 0) is 30.3 Å². The Kier molecular flexibility index (Phi) is 12.2. The molecule has 6 rings (SSSR count). The van der Waals surface area contributed by atoms with Crippen LogP contribution in [0.15, 0.2) is 91.4 Å². The summed E-state index contributed by atoms with van der Waals surface area (Å²) in [5, 5.41) is 20.8. The van der Waals surface area contributed by atoms with Crippen molar-refractivity contribution in [2.75, 3.05) is 0 Å². The van der Waals surface area contributed by atoms with Gasteiger partial charge in [0.15, 0.2) is 0 Å². The molecule has 0 saturated heterocycles. The molecule has 49 heavy (non-hydrogen) atoms. The number of benzene rings is 2. The summed E-state index contributed by atoms with van der Waals surface area (Å²) in [4.78, 5) is 8.91. The minimum absolute atomic E-state index is 0.287. The van der Waals surface area contributed by atoms with Gasteiger partial charge in [0.1, 0.15) is 17.7 Å². The van der Waals surface area contributed by atoms with Gasteiger partial charge in [-0.25, -0.2) is 9.37 Å². The minimum Gasteiger partial charge on any atom is -0.300 e. The van der Waals surface area contributed by atoms with E-state index in [1.54, 1.807) is 29.1 Å². The van der Waals surface area contributed by atoms with Crippen LogP contribution in [0.4, 0.5) is 8.78 Å². The van der Waals surface area contributed by atoms with E-state index in [9.17, 15) is 14.0 Å². The summed E-state index contributed by atoms with van der Waals surface area (Å²) < 4.78 is 36.5. The fourth-order valence-electron chi connectivity index (χ4n) is 6.86. The molecule has 0 atom stereocenters. The van der Waals surface area contributed by atoms with Gasteiger partial charge in [-0.3, -0.25) is 4.57 Å². The molecule has 0 aliphatic carbocycles. The average molecular weight is 764 g/mol. The van der Waals surface area contributed by atoms with Crippen LogP contribution in [0.3, 0.4) is 0 Å². The van der Waals surface area contributed by atoms with Crippen LogP contribution in [0.5, 0.6) is 0 Å². The number of pyridine rings is 2. The van der Waals surface area contributed by atoms with Crippen LogP contribution in [0.25, 0.3) is 33.4 Å². The molecule has 250 valence electrons. The SMILES string of the molecule is CCC[CH2][Sn]([CH2]CCC)([CH2]CCC)[c]1c(C#N)c2cc(F)ccc2n1-c1ccccn1.N#Cc1cn(-c2ccccn2)c2ccc(F)cc12. The Balaban J connectivity index is 0.000000219. The van der Waals surface area contributed by atoms with Gasteiger partial charge < -0.3 is 0 Å². The number of nitrogens with zero attached hydrogens (tertiary/aromatic N) is 6. The summed E-state index contributed by atoms with van der Waals surface area (Å²) in [5.74, 6) is 0.916. The number of hydrogen-bond donors (Lipinski definition) is 0. The van der Waals surface area contributed by atoms with E-state index >= 15 is 0 Å². The van der Waals surface area contributed by atoms with Crippen LogP contribution in [-0.4, -0.2) is 37.5 Å². The third-order valence-corrected chi connectivity index (χ3v) is 24.7. The molecule has 0 fully saturated rings. The van der Waals surface area contributed by atoms with Gasteiger partial charge in [-0.1, -0.05) is 6.07 Å². The Morgan fingerprint density at radius 3 is 1.73 bits per heavy atom. The van der Waals surface area contributed by atoms with Crippen LogP contribution in [0.2, 0.25) is 13.3 Å². The van der Waals surface area contributed by atoms with Crippen molar-refractivity contribution >= 4 is 43.9 Å². The normalized spacial score (nSPS) is 11.2. The van der Waals surface area contributed by atoms with E-state index in [2.05, 4.69) is 47.4 Å². The second-order valence-corrected chi connectivity index (χ2v) is 25.4. The maximum absolute atomic E-state index is 14.3. The fraction of sp³-hybridized carbons (Fsp3) is 0.300. The van der Waals surface area contributed by atoms with Crippen molar-refractivity contribution in [3.8, 4) is 23.8 Å². The van der Waals surface area contributed by atoms with Gasteiger partial charge in [0.05, 0.1) is 11.1 Å². The predicted octanol–water partition coefficient (Wildman–Crippen LogP) is 10.1. The quantitative estimate of drug-likeness (QED) is 0.116. The van der Waals surface area contributed by atoms with Gasteiger partial charge in [-0.2, -0.15) is 5.26 Å². The monoisotopic (exact) mass is 764 g/mol. The van der Waals surface area contributed by atoms with E-state index in [4.69, 9.17) is 5.26 Å². The first-order chi connectivity index (χ1) is 23.9. The van der Waals surface area contributed by atoms with Crippen LogP contribution in [0.1, 0.15) is 70.4 Å². The molecule has 0 amide bonds. The largest absolute Gasteiger partial charge is 0.300 e. The molecule has 0 unspecified atom stereocenters. The zero-order valence-electron chi connectivity index (χ0n) is 28.5. The molecule has 0 radical (unpaired) electrons. The maximum atomic E-state index is 14.3. The van der Waals surface area contributed by atoms with Gasteiger partial charge in [0.25, 0.3) is 0 Å². The number of halogens is 2. The third kappa shape index (κ3) is 7.71. The molecule has 0 aliphatic rings. The maximum Gasteiger partial charge on any atom is 0.137 e. The van der Waals surface area contributed by atoms with Crippen molar-refractivity contribution in [3.63, 3.8) is 0 Å². The number of hydrogen-bond acceptors (Lipinski definition) is 4. The molecule has 9 heteroatoms. The Hall–Kier alpha value is -4.54. The summed E-state index contributed by atoms with van der Waals surface area (Å²) >= 11 is -3.04. The van der Waals surface area contributed by atoms with E-state index in [0.29, 0.717) is 22.3 Å². The molecule has 4 heterocycles. The molecule has 0 spiro atoms. The van der Waals surface area contributed by atoms with Crippen molar-refractivity contribution in [2.45, 2.75) is 72.6 Å². The smallest absolute Gasteiger partial charge is 0.137 e. The first-order valence-corrected chi connectivity index (χ1v) is 24.7. The van der Waals surface area contributed by atoms with E-state index in [1.807, 2.05) is 48.7 Å². The predicted molar refractivity (Wildman–Crippen MR) is 196 cm³/mol. The molecule has 6 nitrogen and oxygen atoms in total. The molecule has 2 aromatic carbocycles. The first-order valence-electron chi connectivity index (χ1n) is 17.2. The number of rotatable bonds is 12. The van der Waals surface area contributed by atoms with E-state index in [0.717, 1.165) is 41.5 Å². The van der Waals surface area contributed by atoms with Crippen LogP contribution >= 0.6 is 0 Å². The van der Waals surface area contributed by atoms with Crippen LogP contribution in [-0.2, 0) is 0 Å². The molecular formula is C40H42F2N6Sn. The standard InChI is InChI=1S/C14H8FN3.C14H7FN3.3C4H9.Sn/c2*15-11-4-5-13-12(7-11)10(8-16)9-18(13)14-3-1-2-6-17-14;3*1-3-4-2;/h1-7,9H;1-7H;3*1,3-4H2,2H3;. The fourth-order valence-corrected chi connectivity index (χ4v) is 23.9. The number of aromatic nitrogens is 4. The van der Waals surface area contributed by atoms with Crippen molar-refractivity contribution < 1.29 is 8.78 Å². The molecule has 6 aromatic rings. The van der Waals surface area contributed by atoms with Crippen LogP contribution in [0, 0.1) is 34.3 Å². The topological polar surface area (TPSA) is 83.2 Å². The van der Waals surface area contributed by atoms with Gasteiger partial charge in [-0.15, -0.1) is 0 Å². The van der Waals surface area contributed by atoms with Gasteiger partial charge >= 0.3 is 191 Å². The second-order valence-electron chi connectivity index (χ2n) is 12.5. The molecular weight excluding hydrogens is 721 g/mol. The van der Waals surface area contributed by atoms with Crippen molar-refractivity contribution in [3.05, 3.63) is 114 Å². The van der Waals surface area contributed by atoms with Crippen LogP contribution < -0.4 is 3.71 Å². The van der Waals surface area contributed by atoms with Crippen molar-refractivity contribution in [2.24, 2.45) is 0 Å². The summed E-state index contributed by atoms with van der Waals surface area (Å²) in [6.07, 6.45) is 12.3. The van der Waals surface area contributed by atoms with E-state index < -0.39 is 18.4 Å². The molecule has 0 N–H and O–H groups in total. The Morgan fingerprint density at radius 2 is 1.22 bits per heavy atom. The van der Waals surface area contributed by atoms with E-state index in [-0.39, 0.29) is 11.6 Å². The van der Waals surface area contributed by atoms with Gasteiger partial charge in [0, 0.05) is 17.8 Å². The molecule has 0 bridgehead atoms. The molecule has 0 aliphatic heterocycles. The molecule has 4 aromatic heterocycles. The summed E-state index contributed by atoms with van der Waals surface area (Å²) in [5.41, 5.74) is 2.83. The Labute approximate surface area is 291 Å². The summed E-state index contributed by atoms with van der Waals surface area (Å²) in [7, 11) is 0. The second kappa shape index (κ2) is 16.7. The number of nitriles is 2. The number of unbranched alkanes of at least 4 members (excludes halogenated alkanes) is 3. The third-order valence-electron chi connectivity index (χ3n) is 9.23. The summed E-state index contributed by atoms with van der Waals surface area (Å²) in [6.45, 7) is 6.77. The van der Waals surface area contributed by atoms with E-state index in [1.165, 1.54) is 54.5 Å². The first kappa shape index (κ1) is 35.8. The zero-order valence-corrected chi connectivity index (χ0v) is 31.3. The Bertz CT molecular complexity index is 2070. The Morgan fingerprint density at radius 1 is 0.673 bits per heavy atom. The minimum atomic E-state index is -3.04. The van der Waals surface area contributed by atoms with Crippen molar-refractivity contribution in [1.29, 1.82) is 10.5 Å². The van der Waals surface area contributed by atoms with Gasteiger partial charge in [0.2, 0.25) is 0 Å². The molecule has 0 saturated carbocycles. The summed E-state index contributed by atoms with van der Waals surface area (Å²) in [6, 6.07) is 25.3. The average Bonchev–Trinajstić information content (AvgIpc) is 3.67. The van der Waals surface area contributed by atoms with Crippen molar-refractivity contribution in [1.82, 2.24) is 19.1 Å².